The first-order valence-corrected chi connectivity index (χ1v) is 9.58. The van der Waals surface area contributed by atoms with Gasteiger partial charge in [0.05, 0.1) is 11.6 Å². The third kappa shape index (κ3) is 8.49. The van der Waals surface area contributed by atoms with Gasteiger partial charge in [-0.2, -0.15) is 0 Å². The lowest BCUT2D eigenvalue weighted by atomic mass is 10.1. The van der Waals surface area contributed by atoms with Crippen LogP contribution in [0.5, 0.6) is 5.75 Å². The van der Waals surface area contributed by atoms with E-state index in [1.807, 2.05) is 43.3 Å². The number of hydrogen-bond acceptors (Lipinski definition) is 3. The normalized spacial score (nSPS) is 11.8. The first-order chi connectivity index (χ1) is 13.5. The van der Waals surface area contributed by atoms with Crippen LogP contribution in [-0.4, -0.2) is 45.2 Å². The zero-order valence-corrected chi connectivity index (χ0v) is 20.0. The minimum atomic E-state index is -0.0835. The summed E-state index contributed by atoms with van der Waals surface area (Å²) in [6.07, 6.45) is 0.694. The van der Waals surface area contributed by atoms with Crippen LogP contribution in [0.3, 0.4) is 0 Å². The van der Waals surface area contributed by atoms with Crippen LogP contribution in [0.2, 0.25) is 5.02 Å². The van der Waals surface area contributed by atoms with Gasteiger partial charge in [0.25, 0.3) is 5.91 Å². The van der Waals surface area contributed by atoms with Crippen molar-refractivity contribution in [2.75, 3.05) is 27.2 Å². The van der Waals surface area contributed by atoms with E-state index in [4.69, 9.17) is 16.3 Å². The monoisotopic (exact) mass is 530 g/mol. The van der Waals surface area contributed by atoms with Crippen LogP contribution in [0.1, 0.15) is 22.8 Å². The lowest BCUT2D eigenvalue weighted by Gasteiger charge is -2.18. The number of benzene rings is 2. The quantitative estimate of drug-likeness (QED) is 0.278. The number of nitrogens with zero attached hydrogens (tertiary/aromatic N) is 1. The number of halogens is 2. The molecule has 0 saturated carbocycles. The van der Waals surface area contributed by atoms with Crippen LogP contribution < -0.4 is 20.7 Å². The predicted molar refractivity (Wildman–Crippen MR) is 130 cm³/mol. The SMILES string of the molecule is CN=C(NCCc1cccc(C(=O)NC)c1)NCC(C)Oc1ccccc1Cl.I. The highest BCUT2D eigenvalue weighted by molar-refractivity contribution is 14.0. The summed E-state index contributed by atoms with van der Waals surface area (Å²) in [4.78, 5) is 15.9. The van der Waals surface area contributed by atoms with Crippen LogP contribution in [-0.2, 0) is 6.42 Å². The van der Waals surface area contributed by atoms with E-state index in [-0.39, 0.29) is 36.0 Å². The number of nitrogens with one attached hydrogen (secondary N) is 3. The van der Waals surface area contributed by atoms with Gasteiger partial charge < -0.3 is 20.7 Å². The van der Waals surface area contributed by atoms with Crippen LogP contribution >= 0.6 is 35.6 Å². The lowest BCUT2D eigenvalue weighted by molar-refractivity contribution is 0.0963. The second-order valence-electron chi connectivity index (χ2n) is 6.27. The van der Waals surface area contributed by atoms with E-state index < -0.39 is 0 Å². The molecule has 0 radical (unpaired) electrons. The number of guanidine groups is 1. The Morgan fingerprint density at radius 1 is 1.17 bits per heavy atom. The molecule has 0 heterocycles. The number of hydrogen-bond donors (Lipinski definition) is 3. The zero-order valence-electron chi connectivity index (χ0n) is 16.9. The van der Waals surface area contributed by atoms with Crippen LogP contribution in [0.25, 0.3) is 0 Å². The van der Waals surface area contributed by atoms with Gasteiger partial charge in [-0.25, -0.2) is 0 Å². The van der Waals surface area contributed by atoms with Gasteiger partial charge in [-0.05, 0) is 43.2 Å². The first kappa shape index (κ1) is 25.0. The molecule has 1 atom stereocenters. The summed E-state index contributed by atoms with van der Waals surface area (Å²) in [5, 5.41) is 9.74. The molecule has 0 saturated heterocycles. The van der Waals surface area contributed by atoms with E-state index in [0.29, 0.717) is 35.4 Å². The van der Waals surface area contributed by atoms with Crippen LogP contribution in [0, 0.1) is 0 Å². The van der Waals surface area contributed by atoms with Crippen molar-refractivity contribution < 1.29 is 9.53 Å². The second-order valence-corrected chi connectivity index (χ2v) is 6.68. The molecule has 0 aromatic heterocycles. The Morgan fingerprint density at radius 3 is 2.62 bits per heavy atom. The molecule has 0 aliphatic carbocycles. The lowest BCUT2D eigenvalue weighted by Crippen LogP contribution is -2.42. The number of carbonyl (C=O) groups excluding carboxylic acids is 1. The van der Waals surface area contributed by atoms with E-state index in [0.717, 1.165) is 12.0 Å². The summed E-state index contributed by atoms with van der Waals surface area (Å²) >= 11 is 6.12. The Labute approximate surface area is 194 Å². The highest BCUT2D eigenvalue weighted by atomic mass is 127. The third-order valence-corrected chi connectivity index (χ3v) is 4.38. The van der Waals surface area contributed by atoms with Crippen molar-refractivity contribution in [1.29, 1.82) is 0 Å². The molecule has 0 aliphatic rings. The fourth-order valence-corrected chi connectivity index (χ4v) is 2.78. The van der Waals surface area contributed by atoms with Crippen molar-refractivity contribution in [3.8, 4) is 5.75 Å². The van der Waals surface area contributed by atoms with Crippen LogP contribution in [0.15, 0.2) is 53.5 Å². The fraction of sp³-hybridized carbons (Fsp3) is 0.333. The summed E-state index contributed by atoms with van der Waals surface area (Å²) in [5.41, 5.74) is 1.74. The Morgan fingerprint density at radius 2 is 1.93 bits per heavy atom. The van der Waals surface area contributed by atoms with Crippen LogP contribution in [0.4, 0.5) is 0 Å². The molecule has 2 aromatic carbocycles. The average molecular weight is 531 g/mol. The van der Waals surface area contributed by atoms with Crippen molar-refractivity contribution in [2.45, 2.75) is 19.4 Å². The van der Waals surface area contributed by atoms with Crippen molar-refractivity contribution in [3.05, 3.63) is 64.7 Å². The van der Waals surface area contributed by atoms with Gasteiger partial charge in [-0.15, -0.1) is 24.0 Å². The van der Waals surface area contributed by atoms with Gasteiger partial charge in [0, 0.05) is 26.2 Å². The number of ether oxygens (including phenoxy) is 1. The Hall–Kier alpha value is -2.00. The maximum Gasteiger partial charge on any atom is 0.251 e. The van der Waals surface area contributed by atoms with Gasteiger partial charge in [-0.3, -0.25) is 9.79 Å². The number of amides is 1. The Kier molecular flexibility index (Phi) is 11.5. The summed E-state index contributed by atoms with van der Waals surface area (Å²) in [6, 6.07) is 15.0. The standard InChI is InChI=1S/C21H27ClN4O2.HI/c1-15(28-19-10-5-4-9-18(19)22)14-26-21(24-3)25-12-11-16-7-6-8-17(13-16)20(27)23-2;/h4-10,13,15H,11-12,14H2,1-3H3,(H,23,27)(H2,24,25,26);1H. The molecule has 1 unspecified atom stereocenters. The molecule has 8 heteroatoms. The highest BCUT2D eigenvalue weighted by Crippen LogP contribution is 2.23. The minimum absolute atomic E-state index is 0. The average Bonchev–Trinajstić information content (AvgIpc) is 2.71. The summed E-state index contributed by atoms with van der Waals surface area (Å²) < 4.78 is 5.84. The van der Waals surface area contributed by atoms with Gasteiger partial charge in [0.2, 0.25) is 0 Å². The Bertz CT molecular complexity index is 817. The molecule has 0 bridgehead atoms. The molecular formula is C21H28ClIN4O2. The number of aliphatic imine (C=N–C) groups is 1. The molecule has 1 amide bonds. The minimum Gasteiger partial charge on any atom is -0.487 e. The molecule has 2 aromatic rings. The molecule has 0 fully saturated rings. The van der Waals surface area contributed by atoms with Gasteiger partial charge in [-0.1, -0.05) is 35.9 Å². The van der Waals surface area contributed by atoms with E-state index in [2.05, 4.69) is 20.9 Å². The molecule has 3 N–H and O–H groups in total. The van der Waals surface area contributed by atoms with Gasteiger partial charge in [0.1, 0.15) is 11.9 Å². The maximum absolute atomic E-state index is 11.7. The topological polar surface area (TPSA) is 74.8 Å². The first-order valence-electron chi connectivity index (χ1n) is 9.20. The van der Waals surface area contributed by atoms with E-state index in [9.17, 15) is 4.79 Å². The van der Waals surface area contributed by atoms with E-state index >= 15 is 0 Å². The van der Waals surface area contributed by atoms with Crippen molar-refractivity contribution in [1.82, 2.24) is 16.0 Å². The van der Waals surface area contributed by atoms with Gasteiger partial charge in [0.15, 0.2) is 5.96 Å². The Balaban J connectivity index is 0.00000420. The van der Waals surface area contributed by atoms with Crippen molar-refractivity contribution >= 4 is 47.4 Å². The second kappa shape index (κ2) is 13.3. The predicted octanol–water partition coefficient (Wildman–Crippen LogP) is 3.49. The van der Waals surface area contributed by atoms with E-state index in [1.165, 1.54) is 0 Å². The summed E-state index contributed by atoms with van der Waals surface area (Å²) in [7, 11) is 3.35. The third-order valence-electron chi connectivity index (χ3n) is 4.07. The zero-order chi connectivity index (χ0) is 20.4. The van der Waals surface area contributed by atoms with Gasteiger partial charge >= 0.3 is 0 Å². The van der Waals surface area contributed by atoms with E-state index in [1.54, 1.807) is 26.2 Å². The van der Waals surface area contributed by atoms with Crippen molar-refractivity contribution in [2.24, 2.45) is 4.99 Å². The number of rotatable bonds is 8. The molecule has 0 aliphatic heterocycles. The van der Waals surface area contributed by atoms with Crippen molar-refractivity contribution in [3.63, 3.8) is 0 Å². The fourth-order valence-electron chi connectivity index (χ4n) is 2.60. The molecule has 0 spiro atoms. The number of carbonyl (C=O) groups is 1. The largest absolute Gasteiger partial charge is 0.487 e. The molecule has 6 nitrogen and oxygen atoms in total. The molecule has 29 heavy (non-hydrogen) atoms. The molecular weight excluding hydrogens is 503 g/mol. The smallest absolute Gasteiger partial charge is 0.251 e. The highest BCUT2D eigenvalue weighted by Gasteiger charge is 2.08. The summed E-state index contributed by atoms with van der Waals surface area (Å²) in [5.74, 6) is 1.27. The molecule has 158 valence electrons. The summed E-state index contributed by atoms with van der Waals surface area (Å²) in [6.45, 7) is 3.24. The number of para-hydroxylation sites is 1. The maximum atomic E-state index is 11.7. The molecule has 2 rings (SSSR count).